The molecule has 0 heterocycles. The average Bonchev–Trinajstić information content (AvgIpc) is 2.18. The molecule has 0 saturated carbocycles. The molecule has 2 heteroatoms. The van der Waals surface area contributed by atoms with Gasteiger partial charge < -0.3 is 0 Å². The highest BCUT2D eigenvalue weighted by Gasteiger charge is 1.98. The molecule has 0 bridgehead atoms. The first-order valence-electron chi connectivity index (χ1n) is 5.11. The fourth-order valence-electron chi connectivity index (χ4n) is 1.45. The van der Waals surface area contributed by atoms with Crippen molar-refractivity contribution in [2.45, 2.75) is 36.9 Å². The van der Waals surface area contributed by atoms with Crippen LogP contribution in [-0.4, -0.2) is 4.84 Å². The van der Waals surface area contributed by atoms with E-state index in [2.05, 4.69) is 30.3 Å². The number of benzene rings is 1. The number of hydrogen-bond acceptors (Lipinski definition) is 0. The lowest BCUT2D eigenvalue weighted by Crippen LogP contribution is -1.89. The van der Waals surface area contributed by atoms with Gasteiger partial charge in [0.15, 0.2) is 0 Å². The third kappa shape index (κ3) is 5.51. The maximum absolute atomic E-state index is 5.64. The Balaban J connectivity index is 2.05. The molecule has 1 rings (SSSR count). The van der Waals surface area contributed by atoms with Crippen LogP contribution in [0, 0.1) is 0 Å². The molecule has 0 atom stereocenters. The molecule has 14 heavy (non-hydrogen) atoms. The van der Waals surface area contributed by atoms with E-state index in [1.165, 1.54) is 18.4 Å². The molecule has 1 aromatic carbocycles. The van der Waals surface area contributed by atoms with Gasteiger partial charge in [-0.25, -0.2) is 0 Å². The second-order valence-electron chi connectivity index (χ2n) is 3.48. The molecule has 78 valence electrons. The molecular weight excluding hydrogens is 215 g/mol. The zero-order chi connectivity index (χ0) is 10.2. The zero-order valence-electron chi connectivity index (χ0n) is 8.26. The van der Waals surface area contributed by atoms with Gasteiger partial charge in [-0.1, -0.05) is 43.2 Å². The van der Waals surface area contributed by atoms with Crippen molar-refractivity contribution in [2.75, 3.05) is 0 Å². The average molecular weight is 231 g/mol. The van der Waals surface area contributed by atoms with Crippen molar-refractivity contribution in [2.24, 2.45) is 0 Å². The summed E-state index contributed by atoms with van der Waals surface area (Å²) in [5, 5.41) is 0. The number of alkyl halides is 2. The summed E-state index contributed by atoms with van der Waals surface area (Å²) in [5.41, 5.74) is 1.42. The van der Waals surface area contributed by atoms with Crippen molar-refractivity contribution in [3.8, 4) is 0 Å². The first-order chi connectivity index (χ1) is 6.79. The Hall–Kier alpha value is -0.200. The van der Waals surface area contributed by atoms with Crippen LogP contribution in [0.15, 0.2) is 30.3 Å². The summed E-state index contributed by atoms with van der Waals surface area (Å²) in [6.07, 6.45) is 5.65. The van der Waals surface area contributed by atoms with Crippen LogP contribution >= 0.6 is 23.2 Å². The quantitative estimate of drug-likeness (QED) is 0.496. The lowest BCUT2D eigenvalue weighted by atomic mass is 10.1. The minimum Gasteiger partial charge on any atom is -0.105 e. The third-order valence-corrected chi connectivity index (χ3v) is 2.67. The van der Waals surface area contributed by atoms with Gasteiger partial charge in [-0.05, 0) is 24.8 Å². The van der Waals surface area contributed by atoms with Crippen LogP contribution in [0.3, 0.4) is 0 Å². The highest BCUT2D eigenvalue weighted by molar-refractivity contribution is 6.44. The highest BCUT2D eigenvalue weighted by atomic mass is 35.5. The Kier molecular flexibility index (Phi) is 6.05. The number of rotatable bonds is 6. The fourth-order valence-corrected chi connectivity index (χ4v) is 1.76. The van der Waals surface area contributed by atoms with Crippen LogP contribution in [-0.2, 0) is 6.42 Å². The monoisotopic (exact) mass is 230 g/mol. The number of halogens is 2. The fraction of sp³-hybridized carbons (Fsp3) is 0.500. The molecule has 0 nitrogen and oxygen atoms in total. The second kappa shape index (κ2) is 7.14. The molecule has 0 N–H and O–H groups in total. The van der Waals surface area contributed by atoms with Gasteiger partial charge in [0.25, 0.3) is 0 Å². The Morgan fingerprint density at radius 1 is 0.929 bits per heavy atom. The van der Waals surface area contributed by atoms with E-state index in [-0.39, 0.29) is 4.84 Å². The second-order valence-corrected chi connectivity index (χ2v) is 4.75. The largest absolute Gasteiger partial charge is 0.107 e. The minimum absolute atomic E-state index is 0.188. The van der Waals surface area contributed by atoms with Crippen LogP contribution in [0.25, 0.3) is 0 Å². The van der Waals surface area contributed by atoms with E-state index in [9.17, 15) is 0 Å². The lowest BCUT2D eigenvalue weighted by Gasteiger charge is -2.02. The van der Waals surface area contributed by atoms with E-state index in [1.54, 1.807) is 0 Å². The standard InChI is InChI=1S/C12H16Cl2/c13-12(14)10-6-2-5-9-11-7-3-1-4-8-11/h1,3-4,7-8,12H,2,5-6,9-10H2. The molecule has 0 unspecified atom stereocenters. The van der Waals surface area contributed by atoms with Gasteiger partial charge in [-0.3, -0.25) is 0 Å². The molecule has 0 aliphatic carbocycles. The third-order valence-electron chi connectivity index (χ3n) is 2.23. The SMILES string of the molecule is ClC(Cl)CCCCCc1ccccc1. The number of unbranched alkanes of at least 4 members (excludes halogenated alkanes) is 2. The van der Waals surface area contributed by atoms with Crippen molar-refractivity contribution >= 4 is 23.2 Å². The summed E-state index contributed by atoms with van der Waals surface area (Å²) in [5.74, 6) is 0. The van der Waals surface area contributed by atoms with Crippen LogP contribution in [0.4, 0.5) is 0 Å². The van der Waals surface area contributed by atoms with Crippen molar-refractivity contribution < 1.29 is 0 Å². The molecule has 0 aliphatic rings. The number of hydrogen-bond donors (Lipinski definition) is 0. The first-order valence-corrected chi connectivity index (χ1v) is 5.98. The minimum atomic E-state index is -0.188. The Morgan fingerprint density at radius 2 is 1.64 bits per heavy atom. The van der Waals surface area contributed by atoms with Gasteiger partial charge in [0.05, 0.1) is 0 Å². The topological polar surface area (TPSA) is 0 Å². The van der Waals surface area contributed by atoms with E-state index >= 15 is 0 Å². The summed E-state index contributed by atoms with van der Waals surface area (Å²) in [4.78, 5) is -0.188. The van der Waals surface area contributed by atoms with Crippen LogP contribution in [0.1, 0.15) is 31.2 Å². The Morgan fingerprint density at radius 3 is 2.29 bits per heavy atom. The number of aryl methyl sites for hydroxylation is 1. The van der Waals surface area contributed by atoms with Crippen LogP contribution in [0.2, 0.25) is 0 Å². The van der Waals surface area contributed by atoms with Gasteiger partial charge >= 0.3 is 0 Å². The van der Waals surface area contributed by atoms with Crippen molar-refractivity contribution in [1.29, 1.82) is 0 Å². The van der Waals surface area contributed by atoms with Crippen LogP contribution < -0.4 is 0 Å². The molecule has 0 aliphatic heterocycles. The summed E-state index contributed by atoms with van der Waals surface area (Å²) >= 11 is 11.3. The van der Waals surface area contributed by atoms with Crippen LogP contribution in [0.5, 0.6) is 0 Å². The molecule has 1 aromatic rings. The smallest absolute Gasteiger partial charge is 0.105 e. The molecule has 0 aromatic heterocycles. The zero-order valence-corrected chi connectivity index (χ0v) is 9.77. The van der Waals surface area contributed by atoms with E-state index in [4.69, 9.17) is 23.2 Å². The van der Waals surface area contributed by atoms with Crippen molar-refractivity contribution in [3.63, 3.8) is 0 Å². The summed E-state index contributed by atoms with van der Waals surface area (Å²) < 4.78 is 0. The molecule has 0 radical (unpaired) electrons. The van der Waals surface area contributed by atoms with E-state index in [1.807, 2.05) is 0 Å². The Labute approximate surface area is 96.2 Å². The van der Waals surface area contributed by atoms with E-state index < -0.39 is 0 Å². The Bertz CT molecular complexity index is 231. The van der Waals surface area contributed by atoms with Crippen molar-refractivity contribution in [1.82, 2.24) is 0 Å². The van der Waals surface area contributed by atoms with Gasteiger partial charge in [0.1, 0.15) is 4.84 Å². The lowest BCUT2D eigenvalue weighted by molar-refractivity contribution is 0.660. The van der Waals surface area contributed by atoms with Gasteiger partial charge in [-0.15, -0.1) is 23.2 Å². The maximum Gasteiger partial charge on any atom is 0.107 e. The summed E-state index contributed by atoms with van der Waals surface area (Å²) in [6.45, 7) is 0. The van der Waals surface area contributed by atoms with E-state index in [0.29, 0.717) is 0 Å². The van der Waals surface area contributed by atoms with Gasteiger partial charge in [0.2, 0.25) is 0 Å². The first kappa shape index (κ1) is 11.9. The highest BCUT2D eigenvalue weighted by Crippen LogP contribution is 2.13. The summed E-state index contributed by atoms with van der Waals surface area (Å²) in [6, 6.07) is 10.6. The predicted octanol–water partition coefficient (Wildman–Crippen LogP) is 4.59. The molecule has 0 saturated heterocycles. The molecule has 0 fully saturated rings. The normalized spacial score (nSPS) is 10.8. The van der Waals surface area contributed by atoms with E-state index in [0.717, 1.165) is 19.3 Å². The molecule has 0 spiro atoms. The van der Waals surface area contributed by atoms with Gasteiger partial charge in [-0.2, -0.15) is 0 Å². The maximum atomic E-state index is 5.64. The predicted molar refractivity (Wildman–Crippen MR) is 64.1 cm³/mol. The summed E-state index contributed by atoms with van der Waals surface area (Å²) in [7, 11) is 0. The molecular formula is C12H16Cl2. The van der Waals surface area contributed by atoms with Crippen molar-refractivity contribution in [3.05, 3.63) is 35.9 Å². The molecule has 0 amide bonds. The van der Waals surface area contributed by atoms with Gasteiger partial charge in [0, 0.05) is 0 Å².